The van der Waals surface area contributed by atoms with Crippen molar-refractivity contribution in [2.24, 2.45) is 12.0 Å². The van der Waals surface area contributed by atoms with Crippen molar-refractivity contribution >= 4 is 53.1 Å². The van der Waals surface area contributed by atoms with E-state index in [1.807, 2.05) is 17.7 Å². The maximum absolute atomic E-state index is 6.06. The Kier molecular flexibility index (Phi) is 11.2. The van der Waals surface area contributed by atoms with E-state index in [0.29, 0.717) is 29.9 Å². The van der Waals surface area contributed by atoms with E-state index in [1.165, 1.54) is 0 Å². The average molecular weight is 505 g/mol. The van der Waals surface area contributed by atoms with Crippen molar-refractivity contribution in [1.82, 2.24) is 15.2 Å². The molecule has 1 atom stereocenters. The molecule has 25 heavy (non-hydrogen) atoms. The number of rotatable bonds is 8. The molecule has 0 bridgehead atoms. The van der Waals surface area contributed by atoms with Gasteiger partial charge >= 0.3 is 0 Å². The van der Waals surface area contributed by atoms with Crippen molar-refractivity contribution < 1.29 is 9.47 Å². The Labute approximate surface area is 176 Å². The minimum absolute atomic E-state index is 0. The monoisotopic (exact) mass is 504 g/mol. The fourth-order valence-corrected chi connectivity index (χ4v) is 2.94. The van der Waals surface area contributed by atoms with Crippen LogP contribution in [0.5, 0.6) is 0 Å². The third kappa shape index (κ3) is 7.50. The zero-order valence-corrected chi connectivity index (χ0v) is 18.5. The topological polar surface area (TPSA) is 59.8 Å². The Morgan fingerprint density at radius 3 is 2.84 bits per heavy atom. The van der Waals surface area contributed by atoms with Crippen LogP contribution < -0.4 is 10.6 Å². The molecular formula is C16H27Cl2IN4O2. The summed E-state index contributed by atoms with van der Waals surface area (Å²) < 4.78 is 13.0. The van der Waals surface area contributed by atoms with E-state index in [9.17, 15) is 0 Å². The Bertz CT molecular complexity index is 548. The van der Waals surface area contributed by atoms with Gasteiger partial charge < -0.3 is 24.7 Å². The predicted octanol–water partition coefficient (Wildman–Crippen LogP) is 3.20. The molecule has 0 saturated carbocycles. The fraction of sp³-hybridized carbons (Fsp3) is 0.688. The van der Waals surface area contributed by atoms with Gasteiger partial charge in [0, 0.05) is 39.5 Å². The quantitative estimate of drug-likeness (QED) is 0.247. The van der Waals surface area contributed by atoms with Crippen LogP contribution in [-0.2, 0) is 23.1 Å². The minimum Gasteiger partial charge on any atom is -0.379 e. The number of ether oxygens (including phenoxy) is 2. The van der Waals surface area contributed by atoms with E-state index in [1.54, 1.807) is 7.05 Å². The first-order valence-electron chi connectivity index (χ1n) is 8.25. The molecule has 1 saturated heterocycles. The molecule has 0 amide bonds. The van der Waals surface area contributed by atoms with Gasteiger partial charge in [0.05, 0.1) is 24.3 Å². The lowest BCUT2D eigenvalue weighted by Gasteiger charge is -2.13. The molecule has 1 fully saturated rings. The highest BCUT2D eigenvalue weighted by atomic mass is 127. The summed E-state index contributed by atoms with van der Waals surface area (Å²) in [4.78, 5) is 4.20. The molecule has 0 spiro atoms. The van der Waals surface area contributed by atoms with Crippen LogP contribution in [0.2, 0.25) is 10.2 Å². The maximum Gasteiger partial charge on any atom is 0.191 e. The van der Waals surface area contributed by atoms with Gasteiger partial charge in [0.2, 0.25) is 0 Å². The first kappa shape index (κ1) is 22.8. The van der Waals surface area contributed by atoms with Crippen LogP contribution in [0.25, 0.3) is 0 Å². The molecule has 2 N–H and O–H groups in total. The standard InChI is InChI=1S/C16H26Cl2N4O2.HI/c1-19-16(21-10-12-9-14(17)15(18)22(12)2)20-6-4-7-23-11-13-5-3-8-24-13;/h9,13H,3-8,10-11H2,1-2H3,(H2,19,20,21);1H. The number of nitrogens with one attached hydrogen (secondary N) is 2. The van der Waals surface area contributed by atoms with Crippen molar-refractivity contribution in [3.8, 4) is 0 Å². The van der Waals surface area contributed by atoms with Crippen LogP contribution in [0, 0.1) is 0 Å². The van der Waals surface area contributed by atoms with Gasteiger partial charge in [-0.2, -0.15) is 0 Å². The van der Waals surface area contributed by atoms with Gasteiger partial charge in [0.15, 0.2) is 5.96 Å². The lowest BCUT2D eigenvalue weighted by molar-refractivity contribution is 0.0168. The summed E-state index contributed by atoms with van der Waals surface area (Å²) in [5.74, 6) is 0.738. The minimum atomic E-state index is 0. The maximum atomic E-state index is 6.06. The number of guanidine groups is 1. The lowest BCUT2D eigenvalue weighted by Crippen LogP contribution is -2.38. The second-order valence-electron chi connectivity index (χ2n) is 5.75. The largest absolute Gasteiger partial charge is 0.379 e. The number of hydrogen-bond donors (Lipinski definition) is 2. The molecule has 1 aliphatic rings. The van der Waals surface area contributed by atoms with Crippen molar-refractivity contribution in [2.75, 3.05) is 33.4 Å². The Balaban J connectivity index is 0.00000312. The number of hydrogen-bond acceptors (Lipinski definition) is 3. The molecule has 9 heteroatoms. The summed E-state index contributed by atoms with van der Waals surface area (Å²) in [6.45, 7) is 3.67. The molecular weight excluding hydrogens is 478 g/mol. The number of halogens is 3. The lowest BCUT2D eigenvalue weighted by atomic mass is 10.2. The summed E-state index contributed by atoms with van der Waals surface area (Å²) in [5, 5.41) is 7.60. The van der Waals surface area contributed by atoms with Gasteiger partial charge in [-0.3, -0.25) is 4.99 Å². The van der Waals surface area contributed by atoms with Gasteiger partial charge in [-0.25, -0.2) is 0 Å². The van der Waals surface area contributed by atoms with Crippen molar-refractivity contribution in [2.45, 2.75) is 31.9 Å². The summed E-state index contributed by atoms with van der Waals surface area (Å²) in [6.07, 6.45) is 3.46. The highest BCUT2D eigenvalue weighted by molar-refractivity contribution is 14.0. The second kappa shape index (κ2) is 12.2. The molecule has 0 aliphatic carbocycles. The van der Waals surface area contributed by atoms with Crippen molar-refractivity contribution in [1.29, 1.82) is 0 Å². The molecule has 1 aromatic heterocycles. The molecule has 0 radical (unpaired) electrons. The van der Waals surface area contributed by atoms with Crippen LogP contribution in [0.15, 0.2) is 11.1 Å². The van der Waals surface area contributed by atoms with Crippen LogP contribution in [0.1, 0.15) is 25.0 Å². The number of aromatic nitrogens is 1. The Hall–Kier alpha value is -0.220. The molecule has 2 rings (SSSR count). The Morgan fingerprint density at radius 1 is 1.44 bits per heavy atom. The third-order valence-electron chi connectivity index (χ3n) is 3.96. The SMILES string of the molecule is CN=C(NCCCOCC1CCCO1)NCc1cc(Cl)c(Cl)n1C.I. The summed E-state index contributed by atoms with van der Waals surface area (Å²) in [6, 6.07) is 1.85. The Morgan fingerprint density at radius 2 is 2.24 bits per heavy atom. The van der Waals surface area contributed by atoms with Gasteiger partial charge in [0.1, 0.15) is 5.15 Å². The zero-order valence-electron chi connectivity index (χ0n) is 14.7. The average Bonchev–Trinajstić information content (AvgIpc) is 3.18. The molecule has 0 aromatic carbocycles. The first-order valence-corrected chi connectivity index (χ1v) is 9.01. The van der Waals surface area contributed by atoms with Crippen LogP contribution in [0.4, 0.5) is 0 Å². The number of aliphatic imine (C=N–C) groups is 1. The van der Waals surface area contributed by atoms with Crippen molar-refractivity contribution in [3.63, 3.8) is 0 Å². The van der Waals surface area contributed by atoms with E-state index in [-0.39, 0.29) is 30.1 Å². The van der Waals surface area contributed by atoms with Gasteiger partial charge in [0.25, 0.3) is 0 Å². The summed E-state index contributed by atoms with van der Waals surface area (Å²) >= 11 is 12.1. The van der Waals surface area contributed by atoms with Crippen LogP contribution in [-0.4, -0.2) is 50.0 Å². The van der Waals surface area contributed by atoms with E-state index in [2.05, 4.69) is 15.6 Å². The summed E-state index contributed by atoms with van der Waals surface area (Å²) in [7, 11) is 3.63. The molecule has 1 aliphatic heterocycles. The third-order valence-corrected chi connectivity index (χ3v) is 4.80. The van der Waals surface area contributed by atoms with Crippen LogP contribution >= 0.6 is 47.2 Å². The van der Waals surface area contributed by atoms with Gasteiger partial charge in [-0.15, -0.1) is 24.0 Å². The van der Waals surface area contributed by atoms with Gasteiger partial charge in [-0.1, -0.05) is 23.2 Å². The van der Waals surface area contributed by atoms with E-state index < -0.39 is 0 Å². The van der Waals surface area contributed by atoms with E-state index >= 15 is 0 Å². The molecule has 1 unspecified atom stereocenters. The van der Waals surface area contributed by atoms with E-state index in [4.69, 9.17) is 32.7 Å². The highest BCUT2D eigenvalue weighted by Crippen LogP contribution is 2.24. The highest BCUT2D eigenvalue weighted by Gasteiger charge is 2.15. The van der Waals surface area contributed by atoms with Gasteiger partial charge in [-0.05, 0) is 25.3 Å². The molecule has 1 aromatic rings. The fourth-order valence-electron chi connectivity index (χ4n) is 2.53. The first-order chi connectivity index (χ1) is 11.6. The predicted molar refractivity (Wildman–Crippen MR) is 113 cm³/mol. The molecule has 6 nitrogen and oxygen atoms in total. The number of nitrogens with zero attached hydrogens (tertiary/aromatic N) is 2. The smallest absolute Gasteiger partial charge is 0.191 e. The zero-order chi connectivity index (χ0) is 17.4. The second-order valence-corrected chi connectivity index (χ2v) is 6.51. The molecule has 144 valence electrons. The normalized spacial score (nSPS) is 17.4. The van der Waals surface area contributed by atoms with Crippen molar-refractivity contribution in [3.05, 3.63) is 21.9 Å². The van der Waals surface area contributed by atoms with Crippen LogP contribution in [0.3, 0.4) is 0 Å². The van der Waals surface area contributed by atoms with E-state index in [0.717, 1.165) is 44.1 Å². The summed E-state index contributed by atoms with van der Waals surface area (Å²) in [5.41, 5.74) is 0.993. The molecule has 2 heterocycles.